The molecule has 0 bridgehead atoms. The molecule has 0 fully saturated rings. The summed E-state index contributed by atoms with van der Waals surface area (Å²) in [5.74, 6) is 1.66. The lowest BCUT2D eigenvalue weighted by atomic mass is 9.83. The van der Waals surface area contributed by atoms with E-state index in [2.05, 4.69) is 4.90 Å². The Morgan fingerprint density at radius 2 is 2.00 bits per heavy atom. The molecule has 19 heavy (non-hydrogen) atoms. The van der Waals surface area contributed by atoms with Crippen molar-refractivity contribution in [2.75, 3.05) is 13.6 Å². The first kappa shape index (κ1) is 12.7. The SMILES string of the molecule is Cc1cc2c(o1)CN(C)CC2(O)c1ccc(Cl)cc1. The summed E-state index contributed by atoms with van der Waals surface area (Å²) >= 11 is 5.92. The number of rotatable bonds is 1. The quantitative estimate of drug-likeness (QED) is 0.871. The first-order valence-corrected chi connectivity index (χ1v) is 6.63. The molecule has 0 saturated heterocycles. The summed E-state index contributed by atoms with van der Waals surface area (Å²) in [5.41, 5.74) is 0.668. The van der Waals surface area contributed by atoms with Gasteiger partial charge in [-0.05, 0) is 37.7 Å². The van der Waals surface area contributed by atoms with Crippen LogP contribution in [0.2, 0.25) is 5.02 Å². The van der Waals surface area contributed by atoms with Crippen molar-refractivity contribution in [3.8, 4) is 0 Å². The average molecular weight is 278 g/mol. The predicted molar refractivity (Wildman–Crippen MR) is 74.2 cm³/mol. The van der Waals surface area contributed by atoms with Crippen LogP contribution in [-0.4, -0.2) is 23.6 Å². The third-order valence-electron chi connectivity index (χ3n) is 3.61. The molecule has 3 nitrogen and oxygen atoms in total. The summed E-state index contributed by atoms with van der Waals surface area (Å²) < 4.78 is 5.69. The van der Waals surface area contributed by atoms with Crippen molar-refractivity contribution in [1.82, 2.24) is 4.90 Å². The summed E-state index contributed by atoms with van der Waals surface area (Å²) in [5, 5.41) is 11.8. The lowest BCUT2D eigenvalue weighted by molar-refractivity contribution is 0.0234. The highest BCUT2D eigenvalue weighted by atomic mass is 35.5. The fraction of sp³-hybridized carbons (Fsp3) is 0.333. The van der Waals surface area contributed by atoms with Gasteiger partial charge in [-0.1, -0.05) is 23.7 Å². The minimum absolute atomic E-state index is 0.542. The standard InChI is InChI=1S/C15H16ClNO2/c1-10-7-13-14(19-10)8-17(2)9-15(13,18)11-3-5-12(16)6-4-11/h3-7,18H,8-9H2,1-2H3. The van der Waals surface area contributed by atoms with E-state index in [1.165, 1.54) is 0 Å². The van der Waals surface area contributed by atoms with E-state index in [0.29, 0.717) is 11.6 Å². The summed E-state index contributed by atoms with van der Waals surface area (Å²) in [6, 6.07) is 9.27. The van der Waals surface area contributed by atoms with Crippen molar-refractivity contribution < 1.29 is 9.52 Å². The normalized spacial score (nSPS) is 23.4. The van der Waals surface area contributed by atoms with Gasteiger partial charge in [-0.25, -0.2) is 0 Å². The molecule has 1 atom stereocenters. The molecule has 1 aliphatic heterocycles. The predicted octanol–water partition coefficient (Wildman–Crippen LogP) is 2.92. The third-order valence-corrected chi connectivity index (χ3v) is 3.86. The highest BCUT2D eigenvalue weighted by Crippen LogP contribution is 2.38. The molecular weight excluding hydrogens is 262 g/mol. The molecule has 1 N–H and O–H groups in total. The number of halogens is 1. The molecule has 4 heteroatoms. The van der Waals surface area contributed by atoms with Gasteiger partial charge in [0, 0.05) is 17.1 Å². The van der Waals surface area contributed by atoms with Crippen molar-refractivity contribution >= 4 is 11.6 Å². The Morgan fingerprint density at radius 3 is 2.68 bits per heavy atom. The smallest absolute Gasteiger partial charge is 0.131 e. The number of nitrogens with zero attached hydrogens (tertiary/aromatic N) is 1. The number of benzene rings is 1. The second-order valence-corrected chi connectivity index (χ2v) is 5.67. The van der Waals surface area contributed by atoms with Crippen molar-refractivity contribution in [3.63, 3.8) is 0 Å². The molecule has 1 aliphatic rings. The van der Waals surface area contributed by atoms with Crippen LogP contribution in [0.1, 0.15) is 22.6 Å². The van der Waals surface area contributed by atoms with Crippen LogP contribution in [0.4, 0.5) is 0 Å². The molecule has 0 radical (unpaired) electrons. The number of aryl methyl sites for hydroxylation is 1. The zero-order valence-corrected chi connectivity index (χ0v) is 11.7. The Hall–Kier alpha value is -1.29. The highest BCUT2D eigenvalue weighted by Gasteiger charge is 2.40. The number of likely N-dealkylation sites (N-methyl/N-ethyl adjacent to an activating group) is 1. The molecular formula is C15H16ClNO2. The van der Waals surface area contributed by atoms with E-state index in [-0.39, 0.29) is 0 Å². The van der Waals surface area contributed by atoms with Crippen molar-refractivity contribution in [1.29, 1.82) is 0 Å². The molecule has 1 aromatic heterocycles. The van der Waals surface area contributed by atoms with E-state index < -0.39 is 5.60 Å². The van der Waals surface area contributed by atoms with E-state index in [1.54, 1.807) is 12.1 Å². The molecule has 0 spiro atoms. The molecule has 3 rings (SSSR count). The van der Waals surface area contributed by atoms with Crippen molar-refractivity contribution in [3.05, 3.63) is 58.0 Å². The number of hydrogen-bond acceptors (Lipinski definition) is 3. The van der Waals surface area contributed by atoms with Gasteiger partial charge in [0.25, 0.3) is 0 Å². The first-order valence-electron chi connectivity index (χ1n) is 6.26. The third kappa shape index (κ3) is 2.08. The van der Waals surface area contributed by atoms with Gasteiger partial charge in [0.15, 0.2) is 0 Å². The van der Waals surface area contributed by atoms with E-state index in [0.717, 1.165) is 29.2 Å². The van der Waals surface area contributed by atoms with Crippen LogP contribution in [-0.2, 0) is 12.1 Å². The average Bonchev–Trinajstić information content (AvgIpc) is 2.71. The van der Waals surface area contributed by atoms with Crippen LogP contribution >= 0.6 is 11.6 Å². The van der Waals surface area contributed by atoms with Gasteiger partial charge in [0.2, 0.25) is 0 Å². The second-order valence-electron chi connectivity index (χ2n) is 5.23. The molecule has 2 aromatic rings. The summed E-state index contributed by atoms with van der Waals surface area (Å²) in [7, 11) is 1.97. The number of aliphatic hydroxyl groups is 1. The van der Waals surface area contributed by atoms with Gasteiger partial charge < -0.3 is 9.52 Å². The fourth-order valence-electron chi connectivity index (χ4n) is 2.78. The zero-order valence-electron chi connectivity index (χ0n) is 11.0. The largest absolute Gasteiger partial charge is 0.465 e. The van der Waals surface area contributed by atoms with Crippen LogP contribution in [0.15, 0.2) is 34.7 Å². The Kier molecular flexibility index (Phi) is 2.93. The number of fused-ring (bicyclic) bond motifs is 1. The van der Waals surface area contributed by atoms with Crippen LogP contribution in [0, 0.1) is 6.92 Å². The molecule has 0 amide bonds. The zero-order chi connectivity index (χ0) is 13.6. The molecule has 1 unspecified atom stereocenters. The van der Waals surface area contributed by atoms with E-state index in [9.17, 15) is 5.11 Å². The van der Waals surface area contributed by atoms with Gasteiger partial charge in [0.1, 0.15) is 17.1 Å². The monoisotopic (exact) mass is 277 g/mol. The Morgan fingerprint density at radius 1 is 1.32 bits per heavy atom. The van der Waals surface area contributed by atoms with Crippen LogP contribution in [0.3, 0.4) is 0 Å². The van der Waals surface area contributed by atoms with Crippen molar-refractivity contribution in [2.45, 2.75) is 19.1 Å². The van der Waals surface area contributed by atoms with E-state index >= 15 is 0 Å². The Labute approximate surface area is 117 Å². The molecule has 2 heterocycles. The van der Waals surface area contributed by atoms with Crippen LogP contribution in [0.5, 0.6) is 0 Å². The Balaban J connectivity index is 2.14. The first-order chi connectivity index (χ1) is 8.99. The number of hydrogen-bond donors (Lipinski definition) is 1. The van der Waals surface area contributed by atoms with Crippen LogP contribution < -0.4 is 0 Å². The Bertz CT molecular complexity index is 605. The van der Waals surface area contributed by atoms with Crippen LogP contribution in [0.25, 0.3) is 0 Å². The lowest BCUT2D eigenvalue weighted by Crippen LogP contribution is -2.44. The van der Waals surface area contributed by atoms with Gasteiger partial charge in [-0.15, -0.1) is 0 Å². The number of β-amino-alcohol motifs (C(OH)–C–C–N with tert-alkyl or cyclic N) is 1. The van der Waals surface area contributed by atoms with Gasteiger partial charge >= 0.3 is 0 Å². The van der Waals surface area contributed by atoms with E-state index in [4.69, 9.17) is 16.0 Å². The maximum absolute atomic E-state index is 11.1. The maximum atomic E-state index is 11.1. The lowest BCUT2D eigenvalue weighted by Gasteiger charge is -2.37. The van der Waals surface area contributed by atoms with Gasteiger partial charge in [0.05, 0.1) is 6.54 Å². The van der Waals surface area contributed by atoms with E-state index in [1.807, 2.05) is 32.2 Å². The molecule has 0 saturated carbocycles. The molecule has 1 aromatic carbocycles. The second kappa shape index (κ2) is 4.37. The molecule has 100 valence electrons. The van der Waals surface area contributed by atoms with Gasteiger partial charge in [-0.3, -0.25) is 4.90 Å². The summed E-state index contributed by atoms with van der Waals surface area (Å²) in [4.78, 5) is 2.06. The summed E-state index contributed by atoms with van der Waals surface area (Å²) in [6.45, 7) is 3.17. The highest BCUT2D eigenvalue weighted by molar-refractivity contribution is 6.30. The van der Waals surface area contributed by atoms with Gasteiger partial charge in [-0.2, -0.15) is 0 Å². The summed E-state index contributed by atoms with van der Waals surface area (Å²) in [6.07, 6.45) is 0. The fourth-order valence-corrected chi connectivity index (χ4v) is 2.91. The maximum Gasteiger partial charge on any atom is 0.131 e. The van der Waals surface area contributed by atoms with Crippen molar-refractivity contribution in [2.24, 2.45) is 0 Å². The number of furan rings is 1. The molecule has 0 aliphatic carbocycles. The minimum atomic E-state index is -1.04. The topological polar surface area (TPSA) is 36.6 Å². The minimum Gasteiger partial charge on any atom is -0.465 e.